The maximum Gasteiger partial charge on any atom is 0 e. The van der Waals surface area contributed by atoms with Crippen molar-refractivity contribution in [2.75, 3.05) is 0 Å². The molecule has 0 rings (SSSR count). The molecule has 0 aromatic carbocycles. The van der Waals surface area contributed by atoms with E-state index in [1.54, 1.807) is 0 Å². The van der Waals surface area contributed by atoms with Gasteiger partial charge in [-0.15, -0.1) is 0 Å². The summed E-state index contributed by atoms with van der Waals surface area (Å²) in [6.07, 6.45) is 0. The molecule has 0 saturated carbocycles. The van der Waals surface area contributed by atoms with Crippen LogP contribution in [0.2, 0.25) is 0 Å². The predicted octanol–water partition coefficient (Wildman–Crippen LogP) is -4.15. The van der Waals surface area contributed by atoms with E-state index in [1.165, 1.54) is 0 Å². The molecular weight excluding hydrogens is 358 g/mol. The Morgan fingerprint density at radius 2 is 1.00 bits per heavy atom. The van der Waals surface area contributed by atoms with Gasteiger partial charge in [-0.1, -0.05) is 0 Å². The third-order valence-electron chi connectivity index (χ3n) is 0. The largest absolute Gasteiger partial charge is 0 e. The molecule has 0 aliphatic carbocycles. The van der Waals surface area contributed by atoms with Crippen LogP contribution < -0.4 is 0 Å². The normalized spacial score (nSPS) is 3.86. The number of rotatable bonds is 0. The van der Waals surface area contributed by atoms with Crippen molar-refractivity contribution < 1.29 is 34.6 Å². The summed E-state index contributed by atoms with van der Waals surface area (Å²) in [5.41, 5.74) is 0. The summed E-state index contributed by atoms with van der Waals surface area (Å²) in [4.78, 5) is 0. The molecule has 0 amide bonds. The zero-order valence-corrected chi connectivity index (χ0v) is 11.8. The second-order valence-corrected chi connectivity index (χ2v) is 0.346. The summed E-state index contributed by atoms with van der Waals surface area (Å²) in [6, 6.07) is 0. The number of hydrogen-bond donors (Lipinski definition) is 3. The topological polar surface area (TPSA) is 60.7 Å². The standard InChI is InChI=1S/Al.BH3O3.Pb.Zn.5H/c;2-1(3)4;;;;;;;/h;2-4H;;;;;;;. The van der Waals surface area contributed by atoms with Crippen LogP contribution in [0.5, 0.6) is 0 Å². The third-order valence-corrected chi connectivity index (χ3v) is 0. The Labute approximate surface area is 85.7 Å². The van der Waals surface area contributed by atoms with E-state index in [2.05, 4.69) is 0 Å². The molecule has 3 nitrogen and oxygen atoms in total. The Morgan fingerprint density at radius 3 is 1.00 bits per heavy atom. The molecule has 38 valence electrons. The second-order valence-electron chi connectivity index (χ2n) is 0.346. The van der Waals surface area contributed by atoms with E-state index < -0.39 is 7.32 Å². The molecule has 0 saturated heterocycles. The minimum atomic E-state index is -2.17. The Morgan fingerprint density at radius 1 is 1.00 bits per heavy atom. The summed E-state index contributed by atoms with van der Waals surface area (Å²) in [6.45, 7) is 0. The van der Waals surface area contributed by atoms with Gasteiger partial charge in [0.2, 0.25) is 0 Å². The van der Waals surface area contributed by atoms with Gasteiger partial charge in [-0.3, -0.25) is 0 Å². The van der Waals surface area contributed by atoms with Crippen molar-refractivity contribution in [3.63, 3.8) is 0 Å². The Balaban J connectivity index is -0.0000000150. The van der Waals surface area contributed by atoms with Gasteiger partial charge in [-0.05, 0) is 0 Å². The maximum atomic E-state index is 7.17. The van der Waals surface area contributed by atoms with Crippen molar-refractivity contribution in [1.82, 2.24) is 0 Å². The van der Waals surface area contributed by atoms with Crippen LogP contribution in [0, 0.1) is 0 Å². The molecule has 0 spiro atoms. The molecule has 0 unspecified atom stereocenters. The molecule has 3 N–H and O–H groups in total. The second kappa shape index (κ2) is 15.7. The molecule has 0 aliphatic rings. The first-order valence-electron chi connectivity index (χ1n) is 0.775. The number of hydrogen-bond acceptors (Lipinski definition) is 3. The van der Waals surface area contributed by atoms with Crippen molar-refractivity contribution in [3.05, 3.63) is 0 Å². The van der Waals surface area contributed by atoms with Gasteiger partial charge < -0.3 is 15.1 Å². The Hall–Kier alpha value is 2.02. The maximum absolute atomic E-state index is 7.17. The van der Waals surface area contributed by atoms with Gasteiger partial charge in [-0.25, -0.2) is 0 Å². The first-order valence-corrected chi connectivity index (χ1v) is 0.775. The van der Waals surface area contributed by atoms with Crippen LogP contribution in [0.1, 0.15) is 0 Å². The molecule has 0 aliphatic heterocycles. The zero-order valence-electron chi connectivity index (χ0n) is 3.33. The molecule has 7 heteroatoms. The van der Waals surface area contributed by atoms with Gasteiger partial charge in [0.05, 0.1) is 0 Å². The first-order chi connectivity index (χ1) is 1.73. The average Bonchev–Trinajstić information content (AvgIpc) is 0.811. The molecule has 0 bridgehead atoms. The molecule has 0 atom stereocenters. The fourth-order valence-corrected chi connectivity index (χ4v) is 0. The summed E-state index contributed by atoms with van der Waals surface area (Å²) < 4.78 is 0. The van der Waals surface area contributed by atoms with Gasteiger partial charge in [0.1, 0.15) is 0 Å². The van der Waals surface area contributed by atoms with Gasteiger partial charge >= 0.3 is 34.6 Å². The zero-order chi connectivity index (χ0) is 3.58. The van der Waals surface area contributed by atoms with E-state index in [0.717, 1.165) is 0 Å². The predicted molar refractivity (Wildman–Crippen MR) is 30.9 cm³/mol. The summed E-state index contributed by atoms with van der Waals surface area (Å²) >= 11 is 0. The van der Waals surface area contributed by atoms with E-state index in [9.17, 15) is 0 Å². The van der Waals surface area contributed by atoms with E-state index in [-0.39, 0.29) is 64.1 Å². The summed E-state index contributed by atoms with van der Waals surface area (Å²) in [5, 5.41) is 21.5. The molecule has 2 radical (unpaired) electrons. The molecule has 0 fully saturated rings. The minimum absolute atomic E-state index is 0. The molecule has 7 heavy (non-hydrogen) atoms. The van der Waals surface area contributed by atoms with Gasteiger partial charge in [-0.2, -0.15) is 0 Å². The smallest absolute Gasteiger partial charge is 0 e. The summed E-state index contributed by atoms with van der Waals surface area (Å²) in [5.74, 6) is 0. The van der Waals surface area contributed by atoms with Crippen molar-refractivity contribution in [1.29, 1.82) is 0 Å². The molecule has 0 heterocycles. The van der Waals surface area contributed by atoms with Gasteiger partial charge in [0, 0.05) is 19.5 Å². The van der Waals surface area contributed by atoms with Crippen LogP contribution in [0.25, 0.3) is 0 Å². The minimum Gasteiger partial charge on any atom is 0 e. The van der Waals surface area contributed by atoms with Crippen LogP contribution >= 0.6 is 0 Å². The van der Waals surface area contributed by atoms with Crippen LogP contribution in [0.3, 0.4) is 0 Å². The fourth-order valence-electron chi connectivity index (χ4n) is 0. The van der Waals surface area contributed by atoms with Crippen molar-refractivity contribution >= 4 is 52.0 Å². The monoisotopic (exact) mass is 366 g/mol. The quantitative estimate of drug-likeness (QED) is 0.382. The van der Waals surface area contributed by atoms with Crippen molar-refractivity contribution in [3.8, 4) is 0 Å². The molecule has 0 aromatic rings. The van der Waals surface area contributed by atoms with E-state index in [4.69, 9.17) is 15.1 Å². The van der Waals surface area contributed by atoms with Gasteiger partial charge in [0.25, 0.3) is 0 Å². The van der Waals surface area contributed by atoms with E-state index in [0.29, 0.717) is 0 Å². The SMILES string of the molecule is OB(O)O.[AlH3].[PbH2].[Zn]. The Kier molecular flexibility index (Phi) is 51.6. The fraction of sp³-hybridized carbons (Fsp3) is 0. The van der Waals surface area contributed by atoms with Crippen LogP contribution in [-0.2, 0) is 19.5 Å². The summed E-state index contributed by atoms with van der Waals surface area (Å²) in [7, 11) is -2.17. The van der Waals surface area contributed by atoms with Crippen LogP contribution in [-0.4, -0.2) is 67.1 Å². The van der Waals surface area contributed by atoms with E-state index in [1.807, 2.05) is 0 Å². The van der Waals surface area contributed by atoms with E-state index >= 15 is 0 Å². The average molecular weight is 366 g/mol. The molecular formula is H8AlBO3PbZn. The van der Waals surface area contributed by atoms with Gasteiger partial charge in [0.15, 0.2) is 17.4 Å². The Bertz CT molecular complexity index is 19.7. The van der Waals surface area contributed by atoms with Crippen molar-refractivity contribution in [2.45, 2.75) is 0 Å². The van der Waals surface area contributed by atoms with Crippen molar-refractivity contribution in [2.24, 2.45) is 0 Å². The molecule has 0 aromatic heterocycles. The van der Waals surface area contributed by atoms with Crippen LogP contribution in [0.4, 0.5) is 0 Å². The first kappa shape index (κ1) is 23.0. The van der Waals surface area contributed by atoms with Crippen LogP contribution in [0.15, 0.2) is 0 Å². The third kappa shape index (κ3) is 71.1.